The summed E-state index contributed by atoms with van der Waals surface area (Å²) in [5.41, 5.74) is 15.0. The van der Waals surface area contributed by atoms with E-state index in [1.165, 1.54) is 44.3 Å². The molecular formula is C58H38N2O. The Labute approximate surface area is 354 Å². The van der Waals surface area contributed by atoms with Crippen molar-refractivity contribution in [2.45, 2.75) is 5.41 Å². The average molecular weight is 779 g/mol. The van der Waals surface area contributed by atoms with Gasteiger partial charge in [-0.25, -0.2) is 4.98 Å². The van der Waals surface area contributed by atoms with Crippen molar-refractivity contribution < 1.29 is 4.42 Å². The topological polar surface area (TPSA) is 29.3 Å². The van der Waals surface area contributed by atoms with Crippen LogP contribution in [0.25, 0.3) is 66.1 Å². The molecule has 2 heterocycles. The van der Waals surface area contributed by atoms with Gasteiger partial charge in [-0.3, -0.25) is 4.90 Å². The predicted molar refractivity (Wildman–Crippen MR) is 252 cm³/mol. The molecule has 286 valence electrons. The van der Waals surface area contributed by atoms with E-state index in [1.54, 1.807) is 0 Å². The number of furan rings is 1. The maximum Gasteiger partial charge on any atom is 0.153 e. The Kier molecular flexibility index (Phi) is 8.07. The van der Waals surface area contributed by atoms with Crippen LogP contribution in [0.2, 0.25) is 0 Å². The Bertz CT molecular complexity index is 3350. The fraction of sp³-hybridized carbons (Fsp3) is 0.0172. The van der Waals surface area contributed by atoms with Crippen LogP contribution in [-0.4, -0.2) is 4.98 Å². The molecule has 12 rings (SSSR count). The molecule has 1 aliphatic rings. The van der Waals surface area contributed by atoms with Gasteiger partial charge in [0.25, 0.3) is 0 Å². The monoisotopic (exact) mass is 778 g/mol. The number of benzene rings is 9. The number of nitrogens with zero attached hydrogens (tertiary/aromatic N) is 2. The van der Waals surface area contributed by atoms with Crippen molar-refractivity contribution in [1.82, 2.24) is 4.98 Å². The first kappa shape index (κ1) is 35.0. The van der Waals surface area contributed by atoms with E-state index in [0.29, 0.717) is 0 Å². The molecule has 0 spiro atoms. The molecule has 3 heteroatoms. The van der Waals surface area contributed by atoms with Gasteiger partial charge >= 0.3 is 0 Å². The molecule has 0 atom stereocenters. The van der Waals surface area contributed by atoms with Crippen molar-refractivity contribution in [1.29, 1.82) is 0 Å². The third-order valence-electron chi connectivity index (χ3n) is 12.6. The Hall–Kier alpha value is -8.01. The SMILES string of the molecule is c1ccc(-c2ccc(N(c3cc4c(cn3)oc3ccc5ccccc5c34)c3cc4c(cc3-c3ccccc3)-c3ccccc3C4(c3ccccc3)c3ccccc3)cc2)cc1. The fourth-order valence-corrected chi connectivity index (χ4v) is 9.90. The number of hydrogen-bond donors (Lipinski definition) is 0. The number of anilines is 3. The van der Waals surface area contributed by atoms with E-state index in [0.717, 1.165) is 61.2 Å². The van der Waals surface area contributed by atoms with Gasteiger partial charge in [-0.05, 0) is 97.2 Å². The van der Waals surface area contributed by atoms with E-state index < -0.39 is 5.41 Å². The van der Waals surface area contributed by atoms with E-state index in [4.69, 9.17) is 9.40 Å². The summed E-state index contributed by atoms with van der Waals surface area (Å²) >= 11 is 0. The van der Waals surface area contributed by atoms with Gasteiger partial charge in [-0.1, -0.05) is 188 Å². The number of rotatable bonds is 7. The highest BCUT2D eigenvalue weighted by Crippen LogP contribution is 2.59. The lowest BCUT2D eigenvalue weighted by Crippen LogP contribution is -2.28. The molecule has 11 aromatic rings. The van der Waals surface area contributed by atoms with Crippen LogP contribution in [0.15, 0.2) is 235 Å². The van der Waals surface area contributed by atoms with Crippen LogP contribution < -0.4 is 4.90 Å². The highest BCUT2D eigenvalue weighted by Gasteiger charge is 2.47. The molecule has 2 aromatic heterocycles. The zero-order valence-corrected chi connectivity index (χ0v) is 33.2. The van der Waals surface area contributed by atoms with Crippen LogP contribution in [-0.2, 0) is 5.41 Å². The first-order chi connectivity index (χ1) is 30.3. The van der Waals surface area contributed by atoms with Crippen molar-refractivity contribution in [3.63, 3.8) is 0 Å². The van der Waals surface area contributed by atoms with Gasteiger partial charge in [0, 0.05) is 22.0 Å². The number of aromatic nitrogens is 1. The summed E-state index contributed by atoms with van der Waals surface area (Å²) in [6, 6.07) is 81.1. The molecule has 0 amide bonds. The summed E-state index contributed by atoms with van der Waals surface area (Å²) in [6.45, 7) is 0. The minimum absolute atomic E-state index is 0.585. The molecular weight excluding hydrogens is 741 g/mol. The quantitative estimate of drug-likeness (QED) is 0.161. The number of hydrogen-bond acceptors (Lipinski definition) is 3. The molecule has 3 nitrogen and oxygen atoms in total. The first-order valence-electron chi connectivity index (χ1n) is 20.9. The minimum atomic E-state index is -0.585. The standard InChI is InChI=1S/C58H38N2O/c1-5-17-39(18-6-1)40-29-32-45(33-30-40)60(56-36-50-55(38-59-56)61-54-34-31-42-21-13-14-26-46(42)57(50)54)53-37-52-49(35-48(53)41-19-7-2-8-20-41)47-27-15-16-28-51(47)58(52,43-22-9-3-10-23-43)44-24-11-4-12-25-44/h1-38H. The number of fused-ring (bicyclic) bond motifs is 8. The van der Waals surface area contributed by atoms with Crippen LogP contribution >= 0.6 is 0 Å². The second kappa shape index (κ2) is 14.1. The third-order valence-corrected chi connectivity index (χ3v) is 12.6. The van der Waals surface area contributed by atoms with Gasteiger partial charge in [0.05, 0.1) is 17.3 Å². The largest absolute Gasteiger partial charge is 0.454 e. The molecule has 0 aliphatic heterocycles. The van der Waals surface area contributed by atoms with Crippen LogP contribution in [0.4, 0.5) is 17.2 Å². The van der Waals surface area contributed by atoms with Crippen molar-refractivity contribution >= 4 is 49.9 Å². The van der Waals surface area contributed by atoms with Gasteiger partial charge in [-0.2, -0.15) is 0 Å². The summed E-state index contributed by atoms with van der Waals surface area (Å²) < 4.78 is 6.51. The van der Waals surface area contributed by atoms with Gasteiger partial charge in [0.1, 0.15) is 11.4 Å². The van der Waals surface area contributed by atoms with E-state index in [-0.39, 0.29) is 0 Å². The second-order valence-corrected chi connectivity index (χ2v) is 15.9. The van der Waals surface area contributed by atoms with Gasteiger partial charge in [-0.15, -0.1) is 0 Å². The molecule has 0 bridgehead atoms. The van der Waals surface area contributed by atoms with Crippen molar-refractivity contribution in [3.05, 3.63) is 253 Å². The maximum absolute atomic E-state index is 6.51. The van der Waals surface area contributed by atoms with Crippen molar-refractivity contribution in [2.24, 2.45) is 0 Å². The van der Waals surface area contributed by atoms with Crippen LogP contribution in [0.1, 0.15) is 22.3 Å². The van der Waals surface area contributed by atoms with Crippen LogP contribution in [0.5, 0.6) is 0 Å². The Morgan fingerprint density at radius 2 is 1.02 bits per heavy atom. The summed E-state index contributed by atoms with van der Waals surface area (Å²) in [5, 5.41) is 4.45. The lowest BCUT2D eigenvalue weighted by atomic mass is 9.67. The Morgan fingerprint density at radius 1 is 0.410 bits per heavy atom. The predicted octanol–water partition coefficient (Wildman–Crippen LogP) is 15.3. The summed E-state index contributed by atoms with van der Waals surface area (Å²) in [5.74, 6) is 0.799. The molecule has 0 fully saturated rings. The molecule has 9 aromatic carbocycles. The lowest BCUT2D eigenvalue weighted by Gasteiger charge is -2.35. The van der Waals surface area contributed by atoms with Crippen molar-refractivity contribution in [2.75, 3.05) is 4.90 Å². The summed E-state index contributed by atoms with van der Waals surface area (Å²) in [6.07, 6.45) is 1.90. The molecule has 0 saturated carbocycles. The minimum Gasteiger partial charge on any atom is -0.454 e. The fourth-order valence-electron chi connectivity index (χ4n) is 9.90. The van der Waals surface area contributed by atoms with Crippen molar-refractivity contribution in [3.8, 4) is 33.4 Å². The molecule has 0 unspecified atom stereocenters. The zero-order chi connectivity index (χ0) is 40.3. The Balaban J connectivity index is 1.19. The van der Waals surface area contributed by atoms with E-state index in [2.05, 4.69) is 229 Å². The number of pyridine rings is 1. The zero-order valence-electron chi connectivity index (χ0n) is 33.2. The average Bonchev–Trinajstić information content (AvgIpc) is 3.86. The van der Waals surface area contributed by atoms with Crippen LogP contribution in [0.3, 0.4) is 0 Å². The lowest BCUT2D eigenvalue weighted by molar-refractivity contribution is 0.667. The molecule has 0 saturated heterocycles. The van der Waals surface area contributed by atoms with Crippen LogP contribution in [0, 0.1) is 0 Å². The van der Waals surface area contributed by atoms with E-state index in [9.17, 15) is 0 Å². The van der Waals surface area contributed by atoms with Gasteiger partial charge < -0.3 is 4.42 Å². The molecule has 61 heavy (non-hydrogen) atoms. The molecule has 0 radical (unpaired) electrons. The van der Waals surface area contributed by atoms with Gasteiger partial charge in [0.15, 0.2) is 5.58 Å². The second-order valence-electron chi connectivity index (χ2n) is 15.9. The smallest absolute Gasteiger partial charge is 0.153 e. The molecule has 0 N–H and O–H groups in total. The highest BCUT2D eigenvalue weighted by atomic mass is 16.3. The Morgan fingerprint density at radius 3 is 1.74 bits per heavy atom. The van der Waals surface area contributed by atoms with Gasteiger partial charge in [0.2, 0.25) is 0 Å². The summed E-state index contributed by atoms with van der Waals surface area (Å²) in [7, 11) is 0. The first-order valence-corrected chi connectivity index (χ1v) is 20.9. The van der Waals surface area contributed by atoms with E-state index in [1.807, 2.05) is 6.20 Å². The highest BCUT2D eigenvalue weighted by molar-refractivity contribution is 6.19. The maximum atomic E-state index is 6.51. The molecule has 1 aliphatic carbocycles. The normalized spacial score (nSPS) is 12.7. The third kappa shape index (κ3) is 5.48. The van der Waals surface area contributed by atoms with E-state index >= 15 is 0 Å². The summed E-state index contributed by atoms with van der Waals surface area (Å²) in [4.78, 5) is 7.62.